The van der Waals surface area contributed by atoms with Gasteiger partial charge >= 0.3 is 0 Å². The molecule has 160 valence electrons. The minimum Gasteiger partial charge on any atom is -0.509 e. The summed E-state index contributed by atoms with van der Waals surface area (Å²) >= 11 is 0. The van der Waals surface area contributed by atoms with Crippen LogP contribution in [-0.2, 0) is 6.42 Å². The van der Waals surface area contributed by atoms with Gasteiger partial charge in [-0.1, -0.05) is 54.6 Å². The molecule has 4 aromatic rings. The molecule has 1 aliphatic heterocycles. The number of hydrogen-bond acceptors (Lipinski definition) is 5. The normalized spacial score (nSPS) is 14.7. The van der Waals surface area contributed by atoms with Crippen molar-refractivity contribution in [2.24, 2.45) is 0 Å². The summed E-state index contributed by atoms with van der Waals surface area (Å²) in [5, 5.41) is 21.3. The molecule has 5 rings (SSSR count). The smallest absolute Gasteiger partial charge is 0.262 e. The number of aliphatic hydroxyl groups is 1. The zero-order valence-corrected chi connectivity index (χ0v) is 17.4. The van der Waals surface area contributed by atoms with E-state index in [-0.39, 0.29) is 28.9 Å². The van der Waals surface area contributed by atoms with E-state index in [4.69, 9.17) is 0 Å². The van der Waals surface area contributed by atoms with E-state index in [1.807, 2.05) is 54.6 Å². The molecule has 2 heterocycles. The summed E-state index contributed by atoms with van der Waals surface area (Å²) < 4.78 is 0. The third kappa shape index (κ3) is 3.44. The zero-order valence-electron chi connectivity index (χ0n) is 17.4. The number of hydrogen-bond donors (Lipinski definition) is 2. The van der Waals surface area contributed by atoms with Gasteiger partial charge in [-0.3, -0.25) is 14.5 Å². The van der Waals surface area contributed by atoms with Gasteiger partial charge in [-0.15, -0.1) is 0 Å². The summed E-state index contributed by atoms with van der Waals surface area (Å²) in [6.45, 7) is 0. The Morgan fingerprint density at radius 2 is 1.55 bits per heavy atom. The molecule has 3 aromatic carbocycles. The van der Waals surface area contributed by atoms with Gasteiger partial charge in [0, 0.05) is 6.42 Å². The average Bonchev–Trinajstić information content (AvgIpc) is 3.38. The van der Waals surface area contributed by atoms with Crippen molar-refractivity contribution in [1.29, 1.82) is 5.26 Å². The molecule has 7 nitrogen and oxygen atoms in total. The number of carbonyl (C=O) groups is 2. The molecule has 0 aliphatic carbocycles. The molecular formula is C26H18N4O3. The zero-order chi connectivity index (χ0) is 22.9. The lowest BCUT2D eigenvalue weighted by Crippen LogP contribution is -2.43. The largest absolute Gasteiger partial charge is 0.509 e. The van der Waals surface area contributed by atoms with Crippen LogP contribution in [0.4, 0.5) is 0 Å². The van der Waals surface area contributed by atoms with Crippen LogP contribution in [0.3, 0.4) is 0 Å². The third-order valence-electron chi connectivity index (χ3n) is 5.72. The Balaban J connectivity index is 1.64. The number of imide groups is 1. The maximum atomic E-state index is 13.2. The highest BCUT2D eigenvalue weighted by molar-refractivity contribution is 6.21. The van der Waals surface area contributed by atoms with E-state index in [1.165, 1.54) is 0 Å². The van der Waals surface area contributed by atoms with Crippen molar-refractivity contribution in [1.82, 2.24) is 14.9 Å². The lowest BCUT2D eigenvalue weighted by molar-refractivity contribution is 0.0576. The molecule has 0 bridgehead atoms. The lowest BCUT2D eigenvalue weighted by atomic mass is 9.99. The number of aromatic nitrogens is 2. The summed E-state index contributed by atoms with van der Waals surface area (Å²) in [6, 6.07) is 23.9. The quantitative estimate of drug-likeness (QED) is 0.277. The van der Waals surface area contributed by atoms with Crippen molar-refractivity contribution >= 4 is 28.4 Å². The van der Waals surface area contributed by atoms with Crippen LogP contribution in [-0.4, -0.2) is 37.8 Å². The number of imidazole rings is 1. The minimum atomic E-state index is -1.08. The van der Waals surface area contributed by atoms with E-state index < -0.39 is 23.6 Å². The molecule has 1 aromatic heterocycles. The minimum absolute atomic E-state index is 0.122. The number of fused-ring (bicyclic) bond motifs is 2. The van der Waals surface area contributed by atoms with Gasteiger partial charge in [0.1, 0.15) is 23.4 Å². The second-order valence-electron chi connectivity index (χ2n) is 7.71. The number of rotatable bonds is 5. The fourth-order valence-corrected chi connectivity index (χ4v) is 4.11. The molecule has 0 spiro atoms. The molecule has 2 amide bonds. The first kappa shape index (κ1) is 20.2. The lowest BCUT2D eigenvalue weighted by Gasteiger charge is -2.26. The molecular weight excluding hydrogens is 416 g/mol. The molecule has 0 saturated heterocycles. The highest BCUT2D eigenvalue weighted by Crippen LogP contribution is 2.31. The second-order valence-corrected chi connectivity index (χ2v) is 7.71. The summed E-state index contributed by atoms with van der Waals surface area (Å²) in [5.41, 5.74) is 2.56. The van der Waals surface area contributed by atoms with Crippen molar-refractivity contribution < 1.29 is 14.7 Å². The number of amides is 2. The van der Waals surface area contributed by atoms with Crippen molar-refractivity contribution in [3.8, 4) is 6.07 Å². The molecule has 0 radical (unpaired) electrons. The van der Waals surface area contributed by atoms with Gasteiger partial charge in [0.05, 0.1) is 22.2 Å². The van der Waals surface area contributed by atoms with Gasteiger partial charge in [0.2, 0.25) is 0 Å². The van der Waals surface area contributed by atoms with Crippen LogP contribution in [0.2, 0.25) is 0 Å². The van der Waals surface area contributed by atoms with Gasteiger partial charge < -0.3 is 10.1 Å². The Kier molecular flexibility index (Phi) is 4.96. The number of aromatic amines is 1. The van der Waals surface area contributed by atoms with E-state index in [0.717, 1.165) is 10.5 Å². The molecule has 0 saturated carbocycles. The van der Waals surface area contributed by atoms with Gasteiger partial charge in [0.15, 0.2) is 5.82 Å². The fourth-order valence-electron chi connectivity index (χ4n) is 4.11. The van der Waals surface area contributed by atoms with E-state index in [0.29, 0.717) is 11.0 Å². The van der Waals surface area contributed by atoms with E-state index in [9.17, 15) is 20.0 Å². The predicted octanol–water partition coefficient (Wildman–Crippen LogP) is 4.26. The van der Waals surface area contributed by atoms with Crippen molar-refractivity contribution in [3.63, 3.8) is 0 Å². The van der Waals surface area contributed by atoms with Crippen molar-refractivity contribution in [2.45, 2.75) is 12.5 Å². The number of H-pyrrole nitrogens is 1. The van der Waals surface area contributed by atoms with Crippen LogP contribution < -0.4 is 0 Å². The topological polar surface area (TPSA) is 110 Å². The highest BCUT2D eigenvalue weighted by Gasteiger charge is 2.42. The number of allylic oxidation sites excluding steroid dienone is 1. The van der Waals surface area contributed by atoms with Crippen LogP contribution in [0.5, 0.6) is 0 Å². The van der Waals surface area contributed by atoms with Crippen LogP contribution >= 0.6 is 0 Å². The van der Waals surface area contributed by atoms with Crippen LogP contribution in [0.25, 0.3) is 16.6 Å². The Bertz CT molecular complexity index is 1400. The van der Waals surface area contributed by atoms with Crippen LogP contribution in [0.15, 0.2) is 84.6 Å². The highest BCUT2D eigenvalue weighted by atomic mass is 16.3. The number of aliphatic hydroxyl groups excluding tert-OH is 1. The van der Waals surface area contributed by atoms with Crippen LogP contribution in [0.1, 0.15) is 32.1 Å². The fraction of sp³-hybridized carbons (Fsp3) is 0.0769. The molecule has 1 atom stereocenters. The standard InChI is InChI=1S/C26H18N4O3/c27-15-19(24-28-20-12-6-7-13-21(20)29-24)23(31)22(14-16-8-2-1-3-9-16)30-25(32)17-10-4-5-11-18(17)26(30)33/h1-13,22,31H,14H2,(H,28,29)/t22-/m1/s1. The molecule has 0 fully saturated rings. The number of carbonyl (C=O) groups excluding carboxylic acids is 2. The summed E-state index contributed by atoms with van der Waals surface area (Å²) in [4.78, 5) is 34.9. The first-order chi connectivity index (χ1) is 16.1. The van der Waals surface area contributed by atoms with Crippen molar-refractivity contribution in [2.75, 3.05) is 0 Å². The maximum Gasteiger partial charge on any atom is 0.262 e. The predicted molar refractivity (Wildman–Crippen MR) is 122 cm³/mol. The number of nitrogens with zero attached hydrogens (tertiary/aromatic N) is 3. The van der Waals surface area contributed by atoms with Gasteiger partial charge in [0.25, 0.3) is 11.8 Å². The number of benzene rings is 3. The molecule has 7 heteroatoms. The number of nitrogens with one attached hydrogen (secondary N) is 1. The molecule has 1 aliphatic rings. The summed E-state index contributed by atoms with van der Waals surface area (Å²) in [5.74, 6) is -1.24. The summed E-state index contributed by atoms with van der Waals surface area (Å²) in [7, 11) is 0. The molecule has 2 N–H and O–H groups in total. The van der Waals surface area contributed by atoms with Crippen LogP contribution in [0, 0.1) is 11.3 Å². The van der Waals surface area contributed by atoms with E-state index in [1.54, 1.807) is 30.3 Å². The monoisotopic (exact) mass is 434 g/mol. The maximum absolute atomic E-state index is 13.2. The Morgan fingerprint density at radius 1 is 0.939 bits per heavy atom. The first-order valence-corrected chi connectivity index (χ1v) is 10.4. The average molecular weight is 434 g/mol. The first-order valence-electron chi connectivity index (χ1n) is 10.4. The van der Waals surface area contributed by atoms with Gasteiger partial charge in [-0.25, -0.2) is 4.98 Å². The summed E-state index contributed by atoms with van der Waals surface area (Å²) in [6.07, 6.45) is 0.142. The molecule has 0 unspecified atom stereocenters. The molecule has 33 heavy (non-hydrogen) atoms. The Labute approximate surface area is 189 Å². The number of nitriles is 1. The van der Waals surface area contributed by atoms with E-state index in [2.05, 4.69) is 9.97 Å². The van der Waals surface area contributed by atoms with Gasteiger partial charge in [-0.05, 0) is 29.8 Å². The van der Waals surface area contributed by atoms with Crippen molar-refractivity contribution in [3.05, 3.63) is 107 Å². The van der Waals surface area contributed by atoms with Gasteiger partial charge in [-0.2, -0.15) is 5.26 Å². The van der Waals surface area contributed by atoms with E-state index >= 15 is 0 Å². The Hall–Kier alpha value is -4.70. The second kappa shape index (κ2) is 8.09. The SMILES string of the molecule is N#CC(=C(O)[C@@H](Cc1ccccc1)N1C(=O)c2ccccc2C1=O)c1nc2ccccc2[nH]1. The number of para-hydroxylation sites is 2. The Morgan fingerprint density at radius 3 is 2.18 bits per heavy atom. The third-order valence-corrected chi connectivity index (χ3v) is 5.72.